The second kappa shape index (κ2) is 7.40. The summed E-state index contributed by atoms with van der Waals surface area (Å²) in [6.45, 7) is 5.82. The summed E-state index contributed by atoms with van der Waals surface area (Å²) >= 11 is 0. The Balaban J connectivity index is 1.45. The number of ether oxygens (including phenoxy) is 2. The van der Waals surface area contributed by atoms with Crippen molar-refractivity contribution in [3.05, 3.63) is 41.3 Å². The van der Waals surface area contributed by atoms with Gasteiger partial charge in [0.05, 0.1) is 0 Å². The fourth-order valence-electron chi connectivity index (χ4n) is 3.18. The fraction of sp³-hybridized carbons (Fsp3) is 0.421. The number of likely N-dealkylation sites (N-methyl/N-ethyl adjacent to an activating group) is 1. The van der Waals surface area contributed by atoms with Crippen LogP contribution in [0.2, 0.25) is 0 Å². The summed E-state index contributed by atoms with van der Waals surface area (Å²) < 4.78 is 10.7. The van der Waals surface area contributed by atoms with E-state index >= 15 is 0 Å². The lowest BCUT2D eigenvalue weighted by Crippen LogP contribution is -2.47. The van der Waals surface area contributed by atoms with Crippen LogP contribution in [0.15, 0.2) is 24.3 Å². The molecule has 4 rings (SSSR count). The molecular weight excluding hydrogens is 346 g/mol. The van der Waals surface area contributed by atoms with Crippen LogP contribution < -0.4 is 14.8 Å². The summed E-state index contributed by atoms with van der Waals surface area (Å²) in [7, 11) is 2.06. The van der Waals surface area contributed by atoms with E-state index in [1.54, 1.807) is 13.0 Å². The van der Waals surface area contributed by atoms with Gasteiger partial charge in [0.1, 0.15) is 17.3 Å². The van der Waals surface area contributed by atoms with Crippen molar-refractivity contribution in [1.82, 2.24) is 19.8 Å². The molecule has 0 atom stereocenters. The van der Waals surface area contributed by atoms with Crippen molar-refractivity contribution in [2.75, 3.05) is 45.3 Å². The van der Waals surface area contributed by atoms with Crippen LogP contribution in [-0.2, 0) is 6.54 Å². The maximum Gasteiger partial charge on any atom is 0.272 e. The number of anilines is 1. The number of carbonyl (C=O) groups is 1. The molecule has 1 fully saturated rings. The Morgan fingerprint density at radius 1 is 1.11 bits per heavy atom. The Morgan fingerprint density at radius 3 is 2.70 bits per heavy atom. The van der Waals surface area contributed by atoms with Gasteiger partial charge in [0.25, 0.3) is 5.91 Å². The third-order valence-corrected chi connectivity index (χ3v) is 4.76. The number of aromatic nitrogens is 2. The molecule has 0 saturated carbocycles. The standard InChI is InChI=1S/C19H23N5O3/c1-13-21-15(19(25)24-7-5-23(2)6-8-24)10-18(22-13)20-11-14-3-4-16-17(9-14)27-12-26-16/h3-4,9-10H,5-8,11-12H2,1-2H3,(H,20,21,22). The summed E-state index contributed by atoms with van der Waals surface area (Å²) in [5.74, 6) is 2.68. The van der Waals surface area contributed by atoms with Crippen LogP contribution in [0, 0.1) is 6.92 Å². The molecule has 3 heterocycles. The number of nitrogens with one attached hydrogen (secondary N) is 1. The summed E-state index contributed by atoms with van der Waals surface area (Å²) in [5.41, 5.74) is 1.47. The van der Waals surface area contributed by atoms with Crippen LogP contribution in [0.1, 0.15) is 21.9 Å². The van der Waals surface area contributed by atoms with E-state index in [2.05, 4.69) is 27.2 Å². The van der Waals surface area contributed by atoms with Gasteiger partial charge in [0.15, 0.2) is 11.5 Å². The zero-order valence-corrected chi connectivity index (χ0v) is 15.6. The number of aryl methyl sites for hydroxylation is 1. The highest BCUT2D eigenvalue weighted by molar-refractivity contribution is 5.93. The summed E-state index contributed by atoms with van der Waals surface area (Å²) in [6.07, 6.45) is 0. The highest BCUT2D eigenvalue weighted by atomic mass is 16.7. The number of nitrogens with zero attached hydrogens (tertiary/aromatic N) is 4. The minimum atomic E-state index is -0.0419. The number of amides is 1. The lowest BCUT2D eigenvalue weighted by Gasteiger charge is -2.32. The SMILES string of the molecule is Cc1nc(NCc2ccc3c(c2)OCO3)cc(C(=O)N2CCN(C)CC2)n1. The Morgan fingerprint density at radius 2 is 1.89 bits per heavy atom. The van der Waals surface area contributed by atoms with Gasteiger partial charge in [-0.05, 0) is 31.7 Å². The molecule has 0 bridgehead atoms. The second-order valence-electron chi connectivity index (χ2n) is 6.82. The molecule has 1 amide bonds. The van der Waals surface area contributed by atoms with E-state index in [0.29, 0.717) is 23.9 Å². The maximum atomic E-state index is 12.8. The van der Waals surface area contributed by atoms with Crippen LogP contribution >= 0.6 is 0 Å². The Bertz CT molecular complexity index is 849. The number of rotatable bonds is 4. The first-order chi connectivity index (χ1) is 13.1. The molecule has 2 aromatic rings. The largest absolute Gasteiger partial charge is 0.454 e. The number of hydrogen-bond donors (Lipinski definition) is 1. The molecular formula is C19H23N5O3. The number of hydrogen-bond acceptors (Lipinski definition) is 7. The molecule has 1 N–H and O–H groups in total. The molecule has 2 aliphatic heterocycles. The Labute approximate surface area is 158 Å². The Kier molecular flexibility index (Phi) is 4.81. The number of benzene rings is 1. The zero-order valence-electron chi connectivity index (χ0n) is 15.6. The molecule has 0 spiro atoms. The topological polar surface area (TPSA) is 79.8 Å². The van der Waals surface area contributed by atoms with E-state index in [-0.39, 0.29) is 12.7 Å². The van der Waals surface area contributed by atoms with Crippen molar-refractivity contribution in [2.24, 2.45) is 0 Å². The lowest BCUT2D eigenvalue weighted by atomic mass is 10.2. The fourth-order valence-corrected chi connectivity index (χ4v) is 3.18. The van der Waals surface area contributed by atoms with Crippen molar-refractivity contribution in [1.29, 1.82) is 0 Å². The molecule has 8 heteroatoms. The highest BCUT2D eigenvalue weighted by Crippen LogP contribution is 2.32. The first-order valence-electron chi connectivity index (χ1n) is 9.04. The van der Waals surface area contributed by atoms with Gasteiger partial charge in [0.2, 0.25) is 6.79 Å². The van der Waals surface area contributed by atoms with Crippen molar-refractivity contribution >= 4 is 11.7 Å². The van der Waals surface area contributed by atoms with Crippen LogP contribution in [0.3, 0.4) is 0 Å². The minimum absolute atomic E-state index is 0.0419. The molecule has 27 heavy (non-hydrogen) atoms. The lowest BCUT2D eigenvalue weighted by molar-refractivity contribution is 0.0658. The van der Waals surface area contributed by atoms with Crippen LogP contribution in [0.5, 0.6) is 11.5 Å². The summed E-state index contributed by atoms with van der Waals surface area (Å²) in [5, 5.41) is 3.27. The Hall–Kier alpha value is -2.87. The molecule has 142 valence electrons. The first-order valence-corrected chi connectivity index (χ1v) is 9.04. The van der Waals surface area contributed by atoms with Gasteiger partial charge < -0.3 is 24.6 Å². The zero-order chi connectivity index (χ0) is 18.8. The number of piperazine rings is 1. The monoisotopic (exact) mass is 369 g/mol. The highest BCUT2D eigenvalue weighted by Gasteiger charge is 2.22. The predicted molar refractivity (Wildman–Crippen MR) is 100 cm³/mol. The predicted octanol–water partition coefficient (Wildman–Crippen LogP) is 1.51. The third-order valence-electron chi connectivity index (χ3n) is 4.76. The quantitative estimate of drug-likeness (QED) is 0.875. The van der Waals surface area contributed by atoms with Gasteiger partial charge in [-0.1, -0.05) is 6.07 Å². The van der Waals surface area contributed by atoms with Gasteiger partial charge >= 0.3 is 0 Å². The van der Waals surface area contributed by atoms with Gasteiger partial charge in [-0.25, -0.2) is 9.97 Å². The average Bonchev–Trinajstić information content (AvgIpc) is 3.14. The minimum Gasteiger partial charge on any atom is -0.454 e. The van der Waals surface area contributed by atoms with E-state index < -0.39 is 0 Å². The van der Waals surface area contributed by atoms with Crippen molar-refractivity contribution in [2.45, 2.75) is 13.5 Å². The van der Waals surface area contributed by atoms with E-state index in [9.17, 15) is 4.79 Å². The molecule has 1 aromatic carbocycles. The van der Waals surface area contributed by atoms with E-state index in [0.717, 1.165) is 43.2 Å². The van der Waals surface area contributed by atoms with E-state index in [1.807, 2.05) is 23.1 Å². The molecule has 8 nitrogen and oxygen atoms in total. The van der Waals surface area contributed by atoms with Crippen molar-refractivity contribution in [3.63, 3.8) is 0 Å². The molecule has 0 radical (unpaired) electrons. The van der Waals surface area contributed by atoms with Gasteiger partial charge in [0, 0.05) is 38.8 Å². The second-order valence-corrected chi connectivity index (χ2v) is 6.82. The van der Waals surface area contributed by atoms with Crippen LogP contribution in [-0.4, -0.2) is 65.7 Å². The molecule has 2 aliphatic rings. The van der Waals surface area contributed by atoms with Crippen LogP contribution in [0.4, 0.5) is 5.82 Å². The van der Waals surface area contributed by atoms with Crippen LogP contribution in [0.25, 0.3) is 0 Å². The smallest absolute Gasteiger partial charge is 0.272 e. The molecule has 1 saturated heterocycles. The number of carbonyl (C=O) groups excluding carboxylic acids is 1. The van der Waals surface area contributed by atoms with Crippen molar-refractivity contribution < 1.29 is 14.3 Å². The molecule has 0 aliphatic carbocycles. The average molecular weight is 369 g/mol. The van der Waals surface area contributed by atoms with Gasteiger partial charge in [-0.15, -0.1) is 0 Å². The van der Waals surface area contributed by atoms with Gasteiger partial charge in [-0.2, -0.15) is 0 Å². The maximum absolute atomic E-state index is 12.8. The summed E-state index contributed by atoms with van der Waals surface area (Å²) in [6, 6.07) is 7.54. The van der Waals surface area contributed by atoms with Gasteiger partial charge in [-0.3, -0.25) is 4.79 Å². The van der Waals surface area contributed by atoms with Crippen molar-refractivity contribution in [3.8, 4) is 11.5 Å². The molecule has 1 aromatic heterocycles. The first kappa shape index (κ1) is 17.5. The number of fused-ring (bicyclic) bond motifs is 1. The molecule has 0 unspecified atom stereocenters. The normalized spacial score (nSPS) is 16.4. The van der Waals surface area contributed by atoms with E-state index in [4.69, 9.17) is 9.47 Å². The third kappa shape index (κ3) is 3.95. The van der Waals surface area contributed by atoms with E-state index in [1.165, 1.54) is 0 Å². The summed E-state index contributed by atoms with van der Waals surface area (Å²) in [4.78, 5) is 25.6.